The molecule has 2 heterocycles. The fraction of sp³-hybridized carbons (Fsp3) is 0.238. The predicted molar refractivity (Wildman–Crippen MR) is 114 cm³/mol. The average Bonchev–Trinajstić information content (AvgIpc) is 2.69. The first-order chi connectivity index (χ1) is 13.6. The van der Waals surface area contributed by atoms with E-state index in [9.17, 15) is 0 Å². The van der Waals surface area contributed by atoms with Crippen LogP contribution in [-0.2, 0) is 0 Å². The van der Waals surface area contributed by atoms with Gasteiger partial charge >= 0.3 is 0 Å². The van der Waals surface area contributed by atoms with Crippen LogP contribution in [0.15, 0.2) is 54.9 Å². The lowest BCUT2D eigenvalue weighted by Crippen LogP contribution is -2.45. The van der Waals surface area contributed by atoms with Crippen LogP contribution in [-0.4, -0.2) is 48.1 Å². The SMILES string of the molecule is CN1CCN(c2ncc(Oc3cccc(-c4cc(Cl)cc(Cl)c4)c3)cn2)CC1. The molecule has 144 valence electrons. The van der Waals surface area contributed by atoms with Crippen molar-refractivity contribution >= 4 is 29.2 Å². The van der Waals surface area contributed by atoms with Crippen LogP contribution >= 0.6 is 23.2 Å². The summed E-state index contributed by atoms with van der Waals surface area (Å²) < 4.78 is 5.94. The maximum Gasteiger partial charge on any atom is 0.225 e. The summed E-state index contributed by atoms with van der Waals surface area (Å²) >= 11 is 12.2. The summed E-state index contributed by atoms with van der Waals surface area (Å²) in [5.41, 5.74) is 1.90. The second-order valence-electron chi connectivity index (χ2n) is 6.80. The number of ether oxygens (including phenoxy) is 1. The van der Waals surface area contributed by atoms with Crippen LogP contribution in [0.25, 0.3) is 11.1 Å². The molecule has 1 aromatic heterocycles. The molecule has 5 nitrogen and oxygen atoms in total. The van der Waals surface area contributed by atoms with Crippen LogP contribution in [0.2, 0.25) is 10.0 Å². The quantitative estimate of drug-likeness (QED) is 0.600. The minimum atomic E-state index is 0.596. The molecule has 3 aromatic rings. The van der Waals surface area contributed by atoms with E-state index in [-0.39, 0.29) is 0 Å². The Kier molecular flexibility index (Phi) is 5.67. The molecule has 1 saturated heterocycles. The highest BCUT2D eigenvalue weighted by Crippen LogP contribution is 2.30. The Morgan fingerprint density at radius 3 is 2.18 bits per heavy atom. The Morgan fingerprint density at radius 1 is 0.821 bits per heavy atom. The molecule has 0 unspecified atom stereocenters. The zero-order valence-electron chi connectivity index (χ0n) is 15.5. The van der Waals surface area contributed by atoms with E-state index < -0.39 is 0 Å². The lowest BCUT2D eigenvalue weighted by atomic mass is 10.1. The molecule has 0 atom stereocenters. The van der Waals surface area contributed by atoms with Crippen LogP contribution in [0.4, 0.5) is 5.95 Å². The van der Waals surface area contributed by atoms with Gasteiger partial charge in [0.05, 0.1) is 12.4 Å². The van der Waals surface area contributed by atoms with Gasteiger partial charge in [0.1, 0.15) is 5.75 Å². The van der Waals surface area contributed by atoms with Crippen molar-refractivity contribution in [3.63, 3.8) is 0 Å². The van der Waals surface area contributed by atoms with Crippen LogP contribution in [0, 0.1) is 0 Å². The molecule has 28 heavy (non-hydrogen) atoms. The van der Waals surface area contributed by atoms with Crippen LogP contribution in [0.3, 0.4) is 0 Å². The summed E-state index contributed by atoms with van der Waals surface area (Å²) in [5, 5.41) is 1.20. The molecule has 7 heteroatoms. The van der Waals surface area contributed by atoms with Crippen molar-refractivity contribution in [3.8, 4) is 22.6 Å². The third kappa shape index (κ3) is 4.55. The largest absolute Gasteiger partial charge is 0.454 e. The molecular weight excluding hydrogens is 395 g/mol. The Hall–Kier alpha value is -2.34. The van der Waals surface area contributed by atoms with Crippen molar-refractivity contribution in [3.05, 3.63) is 64.9 Å². The Morgan fingerprint density at radius 2 is 1.50 bits per heavy atom. The fourth-order valence-electron chi connectivity index (χ4n) is 3.13. The molecule has 0 radical (unpaired) electrons. The van der Waals surface area contributed by atoms with Crippen molar-refractivity contribution in [1.29, 1.82) is 0 Å². The second-order valence-corrected chi connectivity index (χ2v) is 7.67. The zero-order valence-corrected chi connectivity index (χ0v) is 17.0. The van der Waals surface area contributed by atoms with Gasteiger partial charge in [0.2, 0.25) is 5.95 Å². The van der Waals surface area contributed by atoms with E-state index >= 15 is 0 Å². The molecule has 0 amide bonds. The standard InChI is InChI=1S/C21H20Cl2N4O/c1-26-5-7-27(8-6-26)21-24-13-20(14-25-21)28-19-4-2-3-15(11-19)16-9-17(22)12-18(23)10-16/h2-4,9-14H,5-8H2,1H3. The van der Waals surface area contributed by atoms with Gasteiger partial charge in [-0.1, -0.05) is 35.3 Å². The molecule has 1 aliphatic heterocycles. The topological polar surface area (TPSA) is 41.5 Å². The van der Waals surface area contributed by atoms with Crippen LogP contribution in [0.5, 0.6) is 11.5 Å². The van der Waals surface area contributed by atoms with E-state index in [1.807, 2.05) is 36.4 Å². The summed E-state index contributed by atoms with van der Waals surface area (Å²) in [6, 6.07) is 13.2. The van der Waals surface area contributed by atoms with Gasteiger partial charge < -0.3 is 14.5 Å². The van der Waals surface area contributed by atoms with Gasteiger partial charge in [0, 0.05) is 36.2 Å². The highest BCUT2D eigenvalue weighted by Gasteiger charge is 2.16. The monoisotopic (exact) mass is 414 g/mol. The summed E-state index contributed by atoms with van der Waals surface area (Å²) in [7, 11) is 2.13. The lowest BCUT2D eigenvalue weighted by molar-refractivity contribution is 0.311. The van der Waals surface area contributed by atoms with Gasteiger partial charge in [0.25, 0.3) is 0 Å². The first kappa shape index (κ1) is 19.0. The Bertz CT molecular complexity index is 937. The maximum absolute atomic E-state index is 6.12. The molecule has 0 spiro atoms. The van der Waals surface area contributed by atoms with Crippen molar-refractivity contribution in [2.75, 3.05) is 38.1 Å². The number of nitrogens with zero attached hydrogens (tertiary/aromatic N) is 4. The lowest BCUT2D eigenvalue weighted by Gasteiger charge is -2.32. The highest BCUT2D eigenvalue weighted by atomic mass is 35.5. The normalized spacial score (nSPS) is 14.9. The number of piperazine rings is 1. The second kappa shape index (κ2) is 8.35. The van der Waals surface area contributed by atoms with Crippen molar-refractivity contribution in [2.24, 2.45) is 0 Å². The zero-order chi connectivity index (χ0) is 19.5. The summed E-state index contributed by atoms with van der Waals surface area (Å²) in [5.74, 6) is 2.03. The molecular formula is C21H20Cl2N4O. The highest BCUT2D eigenvalue weighted by molar-refractivity contribution is 6.35. The first-order valence-electron chi connectivity index (χ1n) is 9.07. The minimum Gasteiger partial charge on any atom is -0.454 e. The summed E-state index contributed by atoms with van der Waals surface area (Å²) in [6.45, 7) is 3.89. The number of likely N-dealkylation sites (N-methyl/N-ethyl adjacent to an activating group) is 1. The van der Waals surface area contributed by atoms with Gasteiger partial charge in [-0.25, -0.2) is 9.97 Å². The number of rotatable bonds is 4. The van der Waals surface area contributed by atoms with Gasteiger partial charge in [-0.2, -0.15) is 0 Å². The van der Waals surface area contributed by atoms with E-state index in [4.69, 9.17) is 27.9 Å². The summed E-state index contributed by atoms with van der Waals surface area (Å²) in [6.07, 6.45) is 3.42. The average molecular weight is 415 g/mol. The first-order valence-corrected chi connectivity index (χ1v) is 9.82. The van der Waals surface area contributed by atoms with E-state index in [0.717, 1.165) is 43.3 Å². The van der Waals surface area contributed by atoms with Crippen LogP contribution < -0.4 is 9.64 Å². The molecule has 2 aromatic carbocycles. The number of hydrogen-bond acceptors (Lipinski definition) is 5. The van der Waals surface area contributed by atoms with E-state index in [1.54, 1.807) is 18.5 Å². The number of aromatic nitrogens is 2. The molecule has 0 saturated carbocycles. The number of benzene rings is 2. The molecule has 0 bridgehead atoms. The maximum atomic E-state index is 6.12. The third-order valence-electron chi connectivity index (χ3n) is 4.67. The Balaban J connectivity index is 1.48. The smallest absolute Gasteiger partial charge is 0.225 e. The van der Waals surface area contributed by atoms with Gasteiger partial charge in [-0.05, 0) is 48.5 Å². The molecule has 0 N–H and O–H groups in total. The Labute approximate surface area is 174 Å². The van der Waals surface area contributed by atoms with Crippen molar-refractivity contribution < 1.29 is 4.74 Å². The van der Waals surface area contributed by atoms with E-state index in [0.29, 0.717) is 21.5 Å². The van der Waals surface area contributed by atoms with Gasteiger partial charge in [-0.15, -0.1) is 0 Å². The number of anilines is 1. The predicted octanol–water partition coefficient (Wildman–Crippen LogP) is 4.99. The van der Waals surface area contributed by atoms with Gasteiger partial charge in [-0.3, -0.25) is 0 Å². The van der Waals surface area contributed by atoms with Crippen LogP contribution in [0.1, 0.15) is 0 Å². The van der Waals surface area contributed by atoms with Crippen molar-refractivity contribution in [1.82, 2.24) is 14.9 Å². The fourth-order valence-corrected chi connectivity index (χ4v) is 3.65. The van der Waals surface area contributed by atoms with E-state index in [2.05, 4.69) is 26.8 Å². The molecule has 1 aliphatic rings. The molecule has 4 rings (SSSR count). The molecule has 1 fully saturated rings. The number of hydrogen-bond donors (Lipinski definition) is 0. The minimum absolute atomic E-state index is 0.596. The van der Waals surface area contributed by atoms with Crippen molar-refractivity contribution in [2.45, 2.75) is 0 Å². The third-order valence-corrected chi connectivity index (χ3v) is 5.10. The summed E-state index contributed by atoms with van der Waals surface area (Å²) in [4.78, 5) is 13.4. The van der Waals surface area contributed by atoms with E-state index in [1.165, 1.54) is 0 Å². The van der Waals surface area contributed by atoms with Gasteiger partial charge in [0.15, 0.2) is 5.75 Å². The number of halogens is 2. The molecule has 0 aliphatic carbocycles.